The van der Waals surface area contributed by atoms with Gasteiger partial charge >= 0.3 is 11.9 Å². The molecule has 1 saturated heterocycles. The van der Waals surface area contributed by atoms with Gasteiger partial charge in [0.2, 0.25) is 0 Å². The van der Waals surface area contributed by atoms with E-state index in [1.807, 2.05) is 0 Å². The minimum absolute atomic E-state index is 0.161. The van der Waals surface area contributed by atoms with Crippen molar-refractivity contribution < 1.29 is 14.3 Å². The minimum atomic E-state index is -0.333. The number of carbonyl (C=O) groups is 2. The molecule has 2 aliphatic rings. The van der Waals surface area contributed by atoms with E-state index in [1.54, 1.807) is 0 Å². The third-order valence-corrected chi connectivity index (χ3v) is 5.54. The van der Waals surface area contributed by atoms with Crippen LogP contribution in [0.5, 0.6) is 0 Å². The predicted octanol–water partition coefficient (Wildman–Crippen LogP) is 4.74. The molecule has 0 aromatic carbocycles. The summed E-state index contributed by atoms with van der Waals surface area (Å²) in [6, 6.07) is 0. The standard InChI is InChI=1S/C19H32O3/c1-5-14(12-19(2,3)4)15-8-6-13(7-9-15)10-16-11-17(20)22-18(16)21/h13-16H,5-12H2,1-4H3. The molecule has 0 aromatic rings. The molecule has 1 aliphatic carbocycles. The lowest BCUT2D eigenvalue weighted by molar-refractivity contribution is -0.153. The average molecular weight is 308 g/mol. The van der Waals surface area contributed by atoms with Crippen LogP contribution in [0.2, 0.25) is 0 Å². The quantitative estimate of drug-likeness (QED) is 0.544. The molecule has 1 saturated carbocycles. The van der Waals surface area contributed by atoms with E-state index in [0.29, 0.717) is 17.8 Å². The molecule has 3 nitrogen and oxygen atoms in total. The molecule has 0 N–H and O–H groups in total. The predicted molar refractivity (Wildman–Crippen MR) is 87.1 cm³/mol. The fraction of sp³-hybridized carbons (Fsp3) is 0.895. The van der Waals surface area contributed by atoms with Crippen LogP contribution in [-0.4, -0.2) is 11.9 Å². The molecule has 0 radical (unpaired) electrons. The Morgan fingerprint density at radius 3 is 2.23 bits per heavy atom. The summed E-state index contributed by atoms with van der Waals surface area (Å²) < 4.78 is 4.67. The number of ether oxygens (including phenoxy) is 1. The number of esters is 2. The second-order valence-corrected chi connectivity index (χ2v) is 8.64. The summed E-state index contributed by atoms with van der Waals surface area (Å²) in [4.78, 5) is 22.8. The van der Waals surface area contributed by atoms with Crippen LogP contribution in [0, 0.1) is 29.1 Å². The van der Waals surface area contributed by atoms with Gasteiger partial charge in [0.1, 0.15) is 0 Å². The summed E-state index contributed by atoms with van der Waals surface area (Å²) >= 11 is 0. The summed E-state index contributed by atoms with van der Waals surface area (Å²) in [5, 5.41) is 0. The highest BCUT2D eigenvalue weighted by Gasteiger charge is 2.36. The maximum atomic E-state index is 11.6. The maximum Gasteiger partial charge on any atom is 0.317 e. The van der Waals surface area contributed by atoms with E-state index in [-0.39, 0.29) is 17.9 Å². The summed E-state index contributed by atoms with van der Waals surface area (Å²) in [6.07, 6.45) is 8.74. The smallest absolute Gasteiger partial charge is 0.317 e. The van der Waals surface area contributed by atoms with Gasteiger partial charge in [-0.05, 0) is 48.9 Å². The van der Waals surface area contributed by atoms with Crippen molar-refractivity contribution in [3.63, 3.8) is 0 Å². The normalized spacial score (nSPS) is 31.2. The monoisotopic (exact) mass is 308 g/mol. The van der Waals surface area contributed by atoms with Crippen LogP contribution in [-0.2, 0) is 14.3 Å². The van der Waals surface area contributed by atoms with Crippen molar-refractivity contribution in [2.45, 2.75) is 79.1 Å². The van der Waals surface area contributed by atoms with Crippen molar-refractivity contribution in [2.24, 2.45) is 29.1 Å². The first-order valence-corrected chi connectivity index (χ1v) is 9.03. The lowest BCUT2D eigenvalue weighted by Gasteiger charge is -2.36. The maximum absolute atomic E-state index is 11.6. The summed E-state index contributed by atoms with van der Waals surface area (Å²) in [5.74, 6) is 1.50. The summed E-state index contributed by atoms with van der Waals surface area (Å²) in [6.45, 7) is 9.33. The fourth-order valence-corrected chi connectivity index (χ4v) is 4.43. The Labute approximate surface area is 135 Å². The van der Waals surface area contributed by atoms with E-state index in [4.69, 9.17) is 0 Å². The highest BCUT2D eigenvalue weighted by molar-refractivity contribution is 5.94. The largest absolute Gasteiger partial charge is 0.393 e. The second kappa shape index (κ2) is 7.14. The van der Waals surface area contributed by atoms with E-state index in [9.17, 15) is 9.59 Å². The van der Waals surface area contributed by atoms with Gasteiger partial charge in [0.05, 0.1) is 12.3 Å². The Bertz CT molecular complexity index is 399. The first kappa shape index (κ1) is 17.5. The van der Waals surface area contributed by atoms with Gasteiger partial charge in [-0.1, -0.05) is 47.0 Å². The number of rotatable bonds is 5. The van der Waals surface area contributed by atoms with Crippen LogP contribution in [0.1, 0.15) is 79.1 Å². The molecule has 2 atom stereocenters. The molecule has 2 rings (SSSR count). The van der Waals surface area contributed by atoms with E-state index < -0.39 is 0 Å². The molecule has 2 fully saturated rings. The number of carbonyl (C=O) groups excluding carboxylic acids is 2. The number of cyclic esters (lactones) is 2. The molecule has 3 heteroatoms. The van der Waals surface area contributed by atoms with Crippen molar-refractivity contribution in [3.8, 4) is 0 Å². The minimum Gasteiger partial charge on any atom is -0.393 e. The van der Waals surface area contributed by atoms with Gasteiger partial charge in [0.15, 0.2) is 0 Å². The molecule has 0 amide bonds. The zero-order valence-corrected chi connectivity index (χ0v) is 14.7. The molecular formula is C19H32O3. The Morgan fingerprint density at radius 1 is 1.14 bits per heavy atom. The molecule has 0 spiro atoms. The Morgan fingerprint density at radius 2 is 1.77 bits per heavy atom. The third-order valence-electron chi connectivity index (χ3n) is 5.54. The average Bonchev–Trinajstić information content (AvgIpc) is 2.74. The van der Waals surface area contributed by atoms with Crippen molar-refractivity contribution in [2.75, 3.05) is 0 Å². The van der Waals surface area contributed by atoms with Crippen LogP contribution in [0.4, 0.5) is 0 Å². The molecule has 126 valence electrons. The van der Waals surface area contributed by atoms with Crippen LogP contribution < -0.4 is 0 Å². The van der Waals surface area contributed by atoms with Gasteiger partial charge < -0.3 is 4.74 Å². The Kier molecular flexibility index (Phi) is 5.68. The van der Waals surface area contributed by atoms with Gasteiger partial charge in [-0.25, -0.2) is 0 Å². The molecule has 22 heavy (non-hydrogen) atoms. The molecule has 1 heterocycles. The lowest BCUT2D eigenvalue weighted by Crippen LogP contribution is -2.26. The zero-order valence-electron chi connectivity index (χ0n) is 14.7. The first-order valence-electron chi connectivity index (χ1n) is 9.03. The Hall–Kier alpha value is -0.860. The van der Waals surface area contributed by atoms with E-state index in [1.165, 1.54) is 38.5 Å². The van der Waals surface area contributed by atoms with E-state index >= 15 is 0 Å². The topological polar surface area (TPSA) is 43.4 Å². The molecule has 2 unspecified atom stereocenters. The molecule has 0 bridgehead atoms. The Balaban J connectivity index is 1.80. The molecule has 1 aliphatic heterocycles. The zero-order chi connectivity index (χ0) is 16.3. The van der Waals surface area contributed by atoms with Crippen LogP contribution in [0.15, 0.2) is 0 Å². The first-order chi connectivity index (χ1) is 10.3. The van der Waals surface area contributed by atoms with Gasteiger partial charge in [0.25, 0.3) is 0 Å². The van der Waals surface area contributed by atoms with Gasteiger partial charge in [-0.15, -0.1) is 0 Å². The van der Waals surface area contributed by atoms with Crippen LogP contribution in [0.3, 0.4) is 0 Å². The van der Waals surface area contributed by atoms with Crippen LogP contribution in [0.25, 0.3) is 0 Å². The van der Waals surface area contributed by atoms with E-state index in [2.05, 4.69) is 32.4 Å². The third kappa shape index (κ3) is 4.82. The fourth-order valence-electron chi connectivity index (χ4n) is 4.43. The summed E-state index contributed by atoms with van der Waals surface area (Å²) in [5.41, 5.74) is 0.408. The second-order valence-electron chi connectivity index (χ2n) is 8.64. The lowest BCUT2D eigenvalue weighted by atomic mass is 9.69. The number of hydrogen-bond acceptors (Lipinski definition) is 3. The van der Waals surface area contributed by atoms with Crippen molar-refractivity contribution in [1.29, 1.82) is 0 Å². The van der Waals surface area contributed by atoms with Gasteiger partial charge in [-0.2, -0.15) is 0 Å². The van der Waals surface area contributed by atoms with Crippen LogP contribution >= 0.6 is 0 Å². The number of hydrogen-bond donors (Lipinski definition) is 0. The highest BCUT2D eigenvalue weighted by atomic mass is 16.6. The summed E-state index contributed by atoms with van der Waals surface area (Å²) in [7, 11) is 0. The van der Waals surface area contributed by atoms with Gasteiger partial charge in [-0.3, -0.25) is 9.59 Å². The SMILES string of the molecule is CCC(CC(C)(C)C)C1CCC(CC2CC(=O)OC2=O)CC1. The van der Waals surface area contributed by atoms with E-state index in [0.717, 1.165) is 18.3 Å². The van der Waals surface area contributed by atoms with Crippen molar-refractivity contribution >= 4 is 11.9 Å². The molecular weight excluding hydrogens is 276 g/mol. The van der Waals surface area contributed by atoms with Crippen molar-refractivity contribution in [1.82, 2.24) is 0 Å². The molecule has 0 aromatic heterocycles. The van der Waals surface area contributed by atoms with Crippen molar-refractivity contribution in [3.05, 3.63) is 0 Å². The highest BCUT2D eigenvalue weighted by Crippen LogP contribution is 2.42. The van der Waals surface area contributed by atoms with Gasteiger partial charge in [0, 0.05) is 0 Å².